The van der Waals surface area contributed by atoms with Gasteiger partial charge in [-0.15, -0.1) is 0 Å². The molecule has 1 rings (SSSR count). The second-order valence-electron chi connectivity index (χ2n) is 3.58. The Morgan fingerprint density at radius 2 is 1.73 bits per heavy atom. The quantitative estimate of drug-likeness (QED) is 0.827. The summed E-state index contributed by atoms with van der Waals surface area (Å²) in [6.07, 6.45) is -4.23. The average Bonchev–Trinajstić information content (AvgIpc) is 2.18. The van der Waals surface area contributed by atoms with Crippen LogP contribution in [-0.4, -0.2) is 12.7 Å². The zero-order valence-corrected chi connectivity index (χ0v) is 8.46. The molecule has 4 heteroatoms. The molecule has 1 aromatic carbocycles. The number of hydrogen-bond donors (Lipinski definition) is 1. The lowest BCUT2D eigenvalue weighted by Crippen LogP contribution is -2.34. The van der Waals surface area contributed by atoms with E-state index in [-0.39, 0.29) is 6.54 Å². The fourth-order valence-electron chi connectivity index (χ4n) is 1.61. The highest BCUT2D eigenvalue weighted by Gasteiger charge is 2.42. The van der Waals surface area contributed by atoms with Crippen molar-refractivity contribution in [3.8, 4) is 0 Å². The Bertz CT molecular complexity index is 294. The fourth-order valence-corrected chi connectivity index (χ4v) is 1.61. The van der Waals surface area contributed by atoms with Gasteiger partial charge in [-0.2, -0.15) is 13.2 Å². The standard InChI is InChI=1S/C11H14F3N/c1-8(9-5-3-2-4-6-9)10(7-15)11(12,13)14/h2-6,8,10H,7,15H2,1H3. The van der Waals surface area contributed by atoms with E-state index in [2.05, 4.69) is 0 Å². The van der Waals surface area contributed by atoms with E-state index in [1.165, 1.54) is 0 Å². The van der Waals surface area contributed by atoms with Crippen LogP contribution in [0.2, 0.25) is 0 Å². The van der Waals surface area contributed by atoms with Gasteiger partial charge in [-0.1, -0.05) is 37.3 Å². The van der Waals surface area contributed by atoms with Crippen LogP contribution in [0.25, 0.3) is 0 Å². The molecular formula is C11H14F3N. The molecule has 15 heavy (non-hydrogen) atoms. The molecule has 0 radical (unpaired) electrons. The predicted molar refractivity (Wildman–Crippen MR) is 53.5 cm³/mol. The van der Waals surface area contributed by atoms with Gasteiger partial charge in [0.1, 0.15) is 0 Å². The molecule has 0 aromatic heterocycles. The van der Waals surface area contributed by atoms with Crippen LogP contribution >= 0.6 is 0 Å². The van der Waals surface area contributed by atoms with Gasteiger partial charge < -0.3 is 5.73 Å². The third kappa shape index (κ3) is 2.96. The van der Waals surface area contributed by atoms with Gasteiger partial charge in [0.15, 0.2) is 0 Å². The molecule has 0 fully saturated rings. The number of rotatable bonds is 3. The van der Waals surface area contributed by atoms with Gasteiger partial charge in [-0.05, 0) is 11.5 Å². The largest absolute Gasteiger partial charge is 0.393 e. The Morgan fingerprint density at radius 3 is 2.13 bits per heavy atom. The van der Waals surface area contributed by atoms with Crippen LogP contribution in [0.3, 0.4) is 0 Å². The molecule has 0 bridgehead atoms. The summed E-state index contributed by atoms with van der Waals surface area (Å²) in [7, 11) is 0. The molecule has 0 aliphatic rings. The predicted octanol–water partition coefficient (Wildman–Crippen LogP) is 2.93. The molecule has 0 saturated heterocycles. The van der Waals surface area contributed by atoms with Crippen molar-refractivity contribution in [1.82, 2.24) is 0 Å². The highest BCUT2D eigenvalue weighted by molar-refractivity contribution is 5.20. The summed E-state index contributed by atoms with van der Waals surface area (Å²) in [6.45, 7) is 1.18. The molecule has 84 valence electrons. The molecule has 0 heterocycles. The highest BCUT2D eigenvalue weighted by atomic mass is 19.4. The lowest BCUT2D eigenvalue weighted by Gasteiger charge is -2.25. The van der Waals surface area contributed by atoms with Crippen LogP contribution in [0.4, 0.5) is 13.2 Å². The van der Waals surface area contributed by atoms with Gasteiger partial charge in [-0.25, -0.2) is 0 Å². The Labute approximate surface area is 87.1 Å². The van der Waals surface area contributed by atoms with Crippen molar-refractivity contribution in [2.24, 2.45) is 11.7 Å². The van der Waals surface area contributed by atoms with Crippen molar-refractivity contribution >= 4 is 0 Å². The molecule has 0 aliphatic carbocycles. The van der Waals surface area contributed by atoms with Gasteiger partial charge in [0.2, 0.25) is 0 Å². The van der Waals surface area contributed by atoms with Crippen LogP contribution in [0.15, 0.2) is 30.3 Å². The minimum Gasteiger partial charge on any atom is -0.330 e. The fraction of sp³-hybridized carbons (Fsp3) is 0.455. The molecule has 1 nitrogen and oxygen atoms in total. The molecule has 2 N–H and O–H groups in total. The molecule has 0 saturated carbocycles. The van der Waals surface area contributed by atoms with Gasteiger partial charge in [0.25, 0.3) is 0 Å². The number of nitrogens with two attached hydrogens (primary N) is 1. The molecule has 0 amide bonds. The maximum Gasteiger partial charge on any atom is 0.393 e. The first-order valence-corrected chi connectivity index (χ1v) is 4.78. The third-order valence-electron chi connectivity index (χ3n) is 2.60. The van der Waals surface area contributed by atoms with Crippen molar-refractivity contribution < 1.29 is 13.2 Å². The zero-order chi connectivity index (χ0) is 11.5. The first kappa shape index (κ1) is 12.0. The number of hydrogen-bond acceptors (Lipinski definition) is 1. The van der Waals surface area contributed by atoms with E-state index < -0.39 is 18.0 Å². The Kier molecular flexibility index (Phi) is 3.74. The topological polar surface area (TPSA) is 26.0 Å². The summed E-state index contributed by atoms with van der Waals surface area (Å²) in [4.78, 5) is 0. The van der Waals surface area contributed by atoms with Gasteiger partial charge in [0.05, 0.1) is 5.92 Å². The third-order valence-corrected chi connectivity index (χ3v) is 2.60. The van der Waals surface area contributed by atoms with E-state index in [4.69, 9.17) is 5.73 Å². The van der Waals surface area contributed by atoms with Crippen LogP contribution in [0, 0.1) is 5.92 Å². The minimum atomic E-state index is -4.23. The summed E-state index contributed by atoms with van der Waals surface area (Å²) < 4.78 is 37.7. The van der Waals surface area contributed by atoms with E-state index in [0.29, 0.717) is 5.56 Å². The van der Waals surface area contributed by atoms with Crippen molar-refractivity contribution in [2.45, 2.75) is 19.0 Å². The Hall–Kier alpha value is -1.03. The molecular weight excluding hydrogens is 203 g/mol. The normalized spacial score (nSPS) is 16.1. The summed E-state index contributed by atoms with van der Waals surface area (Å²) in [6, 6.07) is 8.63. The smallest absolute Gasteiger partial charge is 0.330 e. The highest BCUT2D eigenvalue weighted by Crippen LogP contribution is 2.36. The van der Waals surface area contributed by atoms with Crippen molar-refractivity contribution in [3.63, 3.8) is 0 Å². The molecule has 0 aliphatic heterocycles. The van der Waals surface area contributed by atoms with Crippen LogP contribution in [0.5, 0.6) is 0 Å². The van der Waals surface area contributed by atoms with E-state index in [0.717, 1.165) is 0 Å². The number of alkyl halides is 3. The maximum absolute atomic E-state index is 12.6. The summed E-state index contributed by atoms with van der Waals surface area (Å²) >= 11 is 0. The first-order chi connectivity index (χ1) is 6.96. The summed E-state index contributed by atoms with van der Waals surface area (Å²) in [5.74, 6) is -2.07. The molecule has 2 atom stereocenters. The Morgan fingerprint density at radius 1 is 1.20 bits per heavy atom. The van der Waals surface area contributed by atoms with Crippen molar-refractivity contribution in [2.75, 3.05) is 6.54 Å². The van der Waals surface area contributed by atoms with Crippen LogP contribution in [0.1, 0.15) is 18.4 Å². The minimum absolute atomic E-state index is 0.375. The van der Waals surface area contributed by atoms with E-state index in [1.807, 2.05) is 0 Å². The summed E-state index contributed by atoms with van der Waals surface area (Å²) in [5.41, 5.74) is 5.85. The van der Waals surface area contributed by atoms with Gasteiger partial charge in [0, 0.05) is 6.54 Å². The summed E-state index contributed by atoms with van der Waals surface area (Å²) in [5, 5.41) is 0. The van der Waals surface area contributed by atoms with E-state index in [1.54, 1.807) is 37.3 Å². The van der Waals surface area contributed by atoms with Gasteiger partial charge in [-0.3, -0.25) is 0 Å². The lowest BCUT2D eigenvalue weighted by atomic mass is 9.87. The average molecular weight is 217 g/mol. The van der Waals surface area contributed by atoms with E-state index >= 15 is 0 Å². The maximum atomic E-state index is 12.6. The SMILES string of the molecule is CC(c1ccccc1)C(CN)C(F)(F)F. The number of benzene rings is 1. The zero-order valence-electron chi connectivity index (χ0n) is 8.46. The van der Waals surface area contributed by atoms with Crippen LogP contribution in [-0.2, 0) is 0 Å². The van der Waals surface area contributed by atoms with Crippen molar-refractivity contribution in [1.29, 1.82) is 0 Å². The molecule has 1 aromatic rings. The second-order valence-corrected chi connectivity index (χ2v) is 3.58. The monoisotopic (exact) mass is 217 g/mol. The van der Waals surface area contributed by atoms with Crippen molar-refractivity contribution in [3.05, 3.63) is 35.9 Å². The number of halogens is 3. The molecule has 0 spiro atoms. The lowest BCUT2D eigenvalue weighted by molar-refractivity contribution is -0.176. The van der Waals surface area contributed by atoms with Crippen LogP contribution < -0.4 is 5.73 Å². The van der Waals surface area contributed by atoms with E-state index in [9.17, 15) is 13.2 Å². The Balaban J connectivity index is 2.88. The first-order valence-electron chi connectivity index (χ1n) is 4.78. The second kappa shape index (κ2) is 4.66. The molecule has 2 unspecified atom stereocenters. The van der Waals surface area contributed by atoms with Gasteiger partial charge >= 0.3 is 6.18 Å².